The van der Waals surface area contributed by atoms with Crippen LogP contribution >= 0.6 is 77.4 Å². The van der Waals surface area contributed by atoms with Crippen molar-refractivity contribution >= 4 is 136 Å². The van der Waals surface area contributed by atoms with Crippen LogP contribution in [-0.4, -0.2) is 200 Å². The van der Waals surface area contributed by atoms with E-state index in [1.165, 1.54) is 84.8 Å². The van der Waals surface area contributed by atoms with E-state index < -0.39 is 139 Å². The Morgan fingerprint density at radius 1 is 0.795 bits per heavy atom. The van der Waals surface area contributed by atoms with Gasteiger partial charge in [0.2, 0.25) is 29.5 Å². The number of Topliss-reactive ketones (excluding diaryl/α,β-unsaturated/α-hetero) is 4. The van der Waals surface area contributed by atoms with Crippen LogP contribution in [0.4, 0.5) is 0 Å². The summed E-state index contributed by atoms with van der Waals surface area (Å²) in [4.78, 5) is 144. The second-order valence-corrected chi connectivity index (χ2v) is 27.4. The van der Waals surface area contributed by atoms with Crippen LogP contribution in [0.15, 0.2) is 24.3 Å². The number of phenols is 1. The SMILES string of the molecule is CCOC(=O)CCC1NC2CSSCC3N[C@@H]([C@@H](C)O)C(=O)NCC(=O)C(C)CSSCC(C(=O)[C@H](Cc4ccc(O)cc4)NC1=O)C(CSSCC(=O)[C@H](CS)N2)N[C@@H](CC(N)=O)C(=O)N1CCC[C@H]1C(=O)N[C@@H](C)C3=O. The Morgan fingerprint density at radius 2 is 1.47 bits per heavy atom. The zero-order valence-electron chi connectivity index (χ0n) is 43.9. The molecule has 29 heteroatoms. The highest BCUT2D eigenvalue weighted by Crippen LogP contribution is 2.33. The zero-order chi connectivity index (χ0) is 57.1. The molecule has 5 aliphatic rings. The monoisotopic (exact) mass is 1220 g/mol. The number of phenolic OH excluding ortho intramolecular Hbond substituents is 1. The average molecular weight is 1220 g/mol. The number of hydrogen-bond donors (Lipinski definition) is 11. The second-order valence-electron chi connectivity index (χ2n) is 19.5. The summed E-state index contributed by atoms with van der Waals surface area (Å²) >= 11 is 4.54. The van der Waals surface area contributed by atoms with E-state index >= 15 is 9.59 Å². The largest absolute Gasteiger partial charge is 0.508 e. The lowest BCUT2D eigenvalue weighted by atomic mass is 9.89. The smallest absolute Gasteiger partial charge is 0.305 e. The number of rotatable bonds is 10. The highest BCUT2D eigenvalue weighted by molar-refractivity contribution is 8.77. The maximum atomic E-state index is 15.8. The molecule has 0 aromatic heterocycles. The van der Waals surface area contributed by atoms with Gasteiger partial charge in [0.25, 0.3) is 0 Å². The van der Waals surface area contributed by atoms with Crippen molar-refractivity contribution in [2.45, 2.75) is 133 Å². The minimum atomic E-state index is -1.42. The van der Waals surface area contributed by atoms with Gasteiger partial charge in [-0.1, -0.05) is 83.8 Å². The summed E-state index contributed by atoms with van der Waals surface area (Å²) in [5.74, 6) is -7.53. The van der Waals surface area contributed by atoms with Crippen LogP contribution in [0.25, 0.3) is 0 Å². The summed E-state index contributed by atoms with van der Waals surface area (Å²) in [6.45, 7) is 5.88. The maximum Gasteiger partial charge on any atom is 0.305 e. The number of nitrogens with zero attached hydrogens (tertiary/aromatic N) is 1. The van der Waals surface area contributed by atoms with Gasteiger partial charge in [-0.25, -0.2) is 0 Å². The van der Waals surface area contributed by atoms with Crippen molar-refractivity contribution in [3.05, 3.63) is 29.8 Å². The number of primary amides is 1. The first-order valence-corrected chi connectivity index (χ1v) is 33.9. The molecule has 6 rings (SSSR count). The van der Waals surface area contributed by atoms with E-state index in [4.69, 9.17) is 10.5 Å². The number of carbonyl (C=O) groups is 10. The molecule has 78 heavy (non-hydrogen) atoms. The molecule has 1 aromatic rings. The molecule has 5 saturated heterocycles. The van der Waals surface area contributed by atoms with Gasteiger partial charge in [0, 0.05) is 65.4 Å². The number of amides is 5. The van der Waals surface area contributed by atoms with E-state index in [1.54, 1.807) is 26.0 Å². The van der Waals surface area contributed by atoms with Crippen LogP contribution in [0, 0.1) is 11.8 Å². The number of aliphatic hydroxyl groups excluding tert-OH is 1. The van der Waals surface area contributed by atoms with Crippen molar-refractivity contribution in [2.24, 2.45) is 17.6 Å². The lowest BCUT2D eigenvalue weighted by Crippen LogP contribution is -2.61. The molecule has 0 spiro atoms. The topological polar surface area (TPSA) is 334 Å². The van der Waals surface area contributed by atoms with Crippen molar-refractivity contribution in [1.82, 2.24) is 42.1 Å². The summed E-state index contributed by atoms with van der Waals surface area (Å²) < 4.78 is 5.25. The number of carbonyl (C=O) groups excluding carboxylic acids is 10. The molecule has 0 aliphatic carbocycles. The number of aromatic hydroxyl groups is 1. The summed E-state index contributed by atoms with van der Waals surface area (Å²) in [6.07, 6.45) is -2.70. The summed E-state index contributed by atoms with van der Waals surface area (Å²) in [5, 5.41) is 42.5. The highest BCUT2D eigenvalue weighted by atomic mass is 33.1. The number of esters is 1. The standard InChI is InChI=1S/C49H73N9O13S7/c1-5-71-42(64)13-12-31-46(67)57-32(15-28-8-10-29(60)11-9-28)45(66)30-20-74-73-19-25(2)38(61)17-51-48(69)43(27(4)59)56-36-22-76-78-24-41(54-31)55-34(18-72)39(62)23-77-75-21-35(30)53-33(16-40(50)63)49(70)58-14-6-7-37(58)47(68)52-26(3)44(36)65/h8-11,25-27,30-37,41,43,53-56,59-60,72H,5-7,12-24H2,1-4H3,(H2,50,63)(H,51,69)(H,52,68)(H,57,67)/t25?,26-,27+,30?,31?,32-,33-,34-,35?,36?,37-,41?,43-/m0/s1. The Balaban J connectivity index is 1.77. The summed E-state index contributed by atoms with van der Waals surface area (Å²) in [5.41, 5.74) is 6.41. The first-order valence-electron chi connectivity index (χ1n) is 25.8. The number of aliphatic hydroxyl groups is 1. The van der Waals surface area contributed by atoms with Crippen molar-refractivity contribution < 1.29 is 62.9 Å². The number of benzene rings is 1. The van der Waals surface area contributed by atoms with Crippen molar-refractivity contribution in [1.29, 1.82) is 0 Å². The fourth-order valence-corrected chi connectivity index (χ4v) is 16.7. The lowest BCUT2D eigenvalue weighted by Gasteiger charge is -2.35. The van der Waals surface area contributed by atoms with Crippen LogP contribution in [0.1, 0.15) is 65.4 Å². The number of fused-ring (bicyclic) bond motifs is 14. The molecule has 5 heterocycles. The van der Waals surface area contributed by atoms with Gasteiger partial charge in [-0.3, -0.25) is 63.9 Å². The number of nitrogens with one attached hydrogen (secondary N) is 7. The number of ether oxygens (including phenoxy) is 1. The summed E-state index contributed by atoms with van der Waals surface area (Å²) in [7, 11) is 7.32. The number of nitrogens with two attached hydrogens (primary N) is 1. The second kappa shape index (κ2) is 33.0. The lowest BCUT2D eigenvalue weighted by molar-refractivity contribution is -0.143. The van der Waals surface area contributed by atoms with Crippen LogP contribution in [0.2, 0.25) is 0 Å². The fraction of sp³-hybridized carbons (Fsp3) is 0.673. The number of hydrogen-bond acceptors (Lipinski definition) is 24. The van der Waals surface area contributed by atoms with Gasteiger partial charge >= 0.3 is 5.97 Å². The third kappa shape index (κ3) is 20.0. The minimum Gasteiger partial charge on any atom is -0.508 e. The van der Waals surface area contributed by atoms with Crippen LogP contribution < -0.4 is 43.0 Å². The Kier molecular flexibility index (Phi) is 27.8. The zero-order valence-corrected chi connectivity index (χ0v) is 49.7. The van der Waals surface area contributed by atoms with Crippen LogP contribution in [-0.2, 0) is 59.1 Å². The molecule has 13 atom stereocenters. The molecule has 0 radical (unpaired) electrons. The van der Waals surface area contributed by atoms with E-state index in [2.05, 4.69) is 49.8 Å². The molecule has 5 aliphatic heterocycles. The van der Waals surface area contributed by atoms with E-state index in [0.29, 0.717) is 12.0 Å². The van der Waals surface area contributed by atoms with E-state index in [0.717, 1.165) is 10.8 Å². The van der Waals surface area contributed by atoms with Gasteiger partial charge in [0.15, 0.2) is 23.1 Å². The Labute approximate surface area is 483 Å². The highest BCUT2D eigenvalue weighted by Gasteiger charge is 2.43. The first kappa shape index (κ1) is 65.6. The molecule has 434 valence electrons. The van der Waals surface area contributed by atoms with Gasteiger partial charge in [-0.2, -0.15) is 12.6 Å². The number of ketones is 4. The van der Waals surface area contributed by atoms with E-state index in [9.17, 15) is 48.6 Å². The molecule has 22 nitrogen and oxygen atoms in total. The molecule has 0 saturated carbocycles. The van der Waals surface area contributed by atoms with Crippen LogP contribution in [0.3, 0.4) is 0 Å². The van der Waals surface area contributed by atoms with Gasteiger partial charge in [-0.15, -0.1) is 0 Å². The Hall–Kier alpha value is -3.23. The third-order valence-electron chi connectivity index (χ3n) is 13.5. The predicted molar refractivity (Wildman–Crippen MR) is 311 cm³/mol. The minimum absolute atomic E-state index is 0.000878. The first-order chi connectivity index (χ1) is 37.2. The summed E-state index contributed by atoms with van der Waals surface area (Å²) in [6, 6.07) is -4.72. The van der Waals surface area contributed by atoms with Crippen molar-refractivity contribution in [3.8, 4) is 5.75 Å². The molecule has 11 N–H and O–H groups in total. The third-order valence-corrected chi connectivity index (χ3v) is 21.2. The molecule has 1 aromatic carbocycles. The van der Waals surface area contributed by atoms with Gasteiger partial charge < -0.3 is 46.9 Å². The Morgan fingerprint density at radius 3 is 2.17 bits per heavy atom. The molecule has 5 fully saturated rings. The van der Waals surface area contributed by atoms with E-state index in [1.807, 2.05) is 0 Å². The molecular weight excluding hydrogens is 1150 g/mol. The van der Waals surface area contributed by atoms with Crippen molar-refractivity contribution in [2.75, 3.05) is 60.0 Å². The molecule has 5 amide bonds. The van der Waals surface area contributed by atoms with E-state index in [-0.39, 0.29) is 96.4 Å². The quantitative estimate of drug-likeness (QED) is 0.0845. The van der Waals surface area contributed by atoms with Gasteiger partial charge in [0.1, 0.15) is 17.8 Å². The van der Waals surface area contributed by atoms with Gasteiger partial charge in [0.05, 0.1) is 73.8 Å². The molecular formula is C49H73N9O13S7. The Bertz CT molecular complexity index is 2280. The van der Waals surface area contributed by atoms with Crippen LogP contribution in [0.5, 0.6) is 5.75 Å². The normalized spacial score (nSPS) is 31.1. The predicted octanol–water partition coefficient (Wildman–Crippen LogP) is 0.171. The molecule has 6 unspecified atom stereocenters. The van der Waals surface area contributed by atoms with Gasteiger partial charge in [-0.05, 0) is 64.2 Å². The average Bonchev–Trinajstić information content (AvgIpc) is 3.91. The van der Waals surface area contributed by atoms with Crippen molar-refractivity contribution in [3.63, 3.8) is 0 Å². The number of thiol groups is 1. The molecule has 4 bridgehead atoms. The maximum absolute atomic E-state index is 15.8. The fourth-order valence-electron chi connectivity index (χ4n) is 9.06.